The van der Waals surface area contributed by atoms with E-state index in [1.807, 2.05) is 97.1 Å². The lowest BCUT2D eigenvalue weighted by Crippen LogP contribution is -2.62. The third-order valence-corrected chi connectivity index (χ3v) is 6.69. The molecular weight excluding hydrogens is 520 g/mol. The quantitative estimate of drug-likeness (QED) is 0.121. The fraction of sp³-hybridized carbons (Fsp3) is 0.382. The van der Waals surface area contributed by atoms with Crippen molar-refractivity contribution in [1.82, 2.24) is 0 Å². The van der Waals surface area contributed by atoms with Crippen LogP contribution in [0.3, 0.4) is 0 Å². The molecule has 3 aromatic carbocycles. The molecule has 0 N–H and O–H groups in total. The van der Waals surface area contributed by atoms with Gasteiger partial charge in [-0.15, -0.1) is 6.58 Å². The van der Waals surface area contributed by atoms with Gasteiger partial charge in [0, 0.05) is 6.92 Å². The van der Waals surface area contributed by atoms with Gasteiger partial charge in [0.2, 0.25) is 0 Å². The lowest BCUT2D eigenvalue weighted by molar-refractivity contribution is -0.321. The summed E-state index contributed by atoms with van der Waals surface area (Å²) in [5, 5.41) is 0. The lowest BCUT2D eigenvalue weighted by atomic mass is 9.97. The number of carbonyl (C=O) groups is 1. The van der Waals surface area contributed by atoms with Crippen LogP contribution in [0.4, 0.5) is 0 Å². The number of ether oxygens (including phenoxy) is 6. The molecule has 0 aromatic heterocycles. The first-order valence-electron chi connectivity index (χ1n) is 14.1. The van der Waals surface area contributed by atoms with Gasteiger partial charge < -0.3 is 28.4 Å². The Labute approximate surface area is 243 Å². The molecule has 1 heterocycles. The topological polar surface area (TPSA) is 72.5 Å². The van der Waals surface area contributed by atoms with E-state index in [9.17, 15) is 4.79 Å². The zero-order valence-corrected chi connectivity index (χ0v) is 23.6. The maximum absolute atomic E-state index is 12.3. The van der Waals surface area contributed by atoms with Crippen LogP contribution >= 0.6 is 0 Å². The SMILES string of the molecule is C=CCCCO[C@H]1O[C@H](COCc2ccccc2)[C@@H](OCc2ccccc2)[C@H](OCc2ccccc2)[C@@H]1OC(C)=O. The number of allylic oxidation sites excluding steroid dienone is 1. The molecule has 0 amide bonds. The highest BCUT2D eigenvalue weighted by molar-refractivity contribution is 5.66. The summed E-state index contributed by atoms with van der Waals surface area (Å²) in [7, 11) is 0. The summed E-state index contributed by atoms with van der Waals surface area (Å²) < 4.78 is 37.5. The van der Waals surface area contributed by atoms with Gasteiger partial charge >= 0.3 is 5.97 Å². The second-order valence-corrected chi connectivity index (χ2v) is 9.94. The predicted molar refractivity (Wildman–Crippen MR) is 156 cm³/mol. The minimum absolute atomic E-state index is 0.235. The van der Waals surface area contributed by atoms with E-state index in [-0.39, 0.29) is 6.61 Å². The van der Waals surface area contributed by atoms with Crippen LogP contribution in [0.25, 0.3) is 0 Å². The molecule has 1 saturated heterocycles. The Morgan fingerprint density at radius 1 is 0.756 bits per heavy atom. The minimum Gasteiger partial charge on any atom is -0.454 e. The summed E-state index contributed by atoms with van der Waals surface area (Å²) in [4.78, 5) is 12.3. The first-order chi connectivity index (χ1) is 20.1. The number of rotatable bonds is 16. The lowest BCUT2D eigenvalue weighted by Gasteiger charge is -2.45. The molecule has 3 aromatic rings. The van der Waals surface area contributed by atoms with Crippen molar-refractivity contribution in [3.8, 4) is 0 Å². The molecule has 1 aliphatic heterocycles. The van der Waals surface area contributed by atoms with E-state index in [4.69, 9.17) is 28.4 Å². The van der Waals surface area contributed by atoms with Crippen LogP contribution in [-0.4, -0.2) is 49.9 Å². The van der Waals surface area contributed by atoms with Crippen molar-refractivity contribution in [2.75, 3.05) is 13.2 Å². The highest BCUT2D eigenvalue weighted by atomic mass is 16.7. The van der Waals surface area contributed by atoms with E-state index in [2.05, 4.69) is 6.58 Å². The number of carbonyl (C=O) groups excluding carboxylic acids is 1. The molecule has 1 aliphatic rings. The number of hydrogen-bond acceptors (Lipinski definition) is 7. The van der Waals surface area contributed by atoms with Crippen LogP contribution in [0.15, 0.2) is 104 Å². The average molecular weight is 561 g/mol. The molecule has 4 rings (SSSR count). The van der Waals surface area contributed by atoms with Crippen LogP contribution < -0.4 is 0 Å². The van der Waals surface area contributed by atoms with Crippen LogP contribution in [-0.2, 0) is 53.0 Å². The van der Waals surface area contributed by atoms with Gasteiger partial charge in [0.1, 0.15) is 18.3 Å². The molecule has 218 valence electrons. The largest absolute Gasteiger partial charge is 0.454 e. The normalized spacial score (nSPS) is 22.2. The van der Waals surface area contributed by atoms with Crippen LogP contribution in [0.5, 0.6) is 0 Å². The van der Waals surface area contributed by atoms with E-state index in [0.29, 0.717) is 26.4 Å². The highest BCUT2D eigenvalue weighted by Crippen LogP contribution is 2.31. The summed E-state index contributed by atoms with van der Waals surface area (Å²) >= 11 is 0. The maximum atomic E-state index is 12.3. The van der Waals surface area contributed by atoms with Crippen LogP contribution in [0.2, 0.25) is 0 Å². The molecule has 7 nitrogen and oxygen atoms in total. The molecule has 0 radical (unpaired) electrons. The average Bonchev–Trinajstić information content (AvgIpc) is 3.00. The van der Waals surface area contributed by atoms with E-state index in [1.54, 1.807) is 0 Å². The van der Waals surface area contributed by atoms with Gasteiger partial charge in [-0.3, -0.25) is 4.79 Å². The summed E-state index contributed by atoms with van der Waals surface area (Å²) in [5.41, 5.74) is 3.05. The molecular formula is C34H40O7. The van der Waals surface area contributed by atoms with Crippen molar-refractivity contribution in [2.45, 2.75) is 70.3 Å². The van der Waals surface area contributed by atoms with Crippen molar-refractivity contribution in [2.24, 2.45) is 0 Å². The number of unbranched alkanes of at least 4 members (excludes halogenated alkanes) is 1. The summed E-state index contributed by atoms with van der Waals surface area (Å²) in [6, 6.07) is 29.7. The summed E-state index contributed by atoms with van der Waals surface area (Å²) in [6.07, 6.45) is -0.121. The van der Waals surface area contributed by atoms with Crippen LogP contribution in [0.1, 0.15) is 36.5 Å². The Morgan fingerprint density at radius 3 is 1.83 bits per heavy atom. The van der Waals surface area contributed by atoms with Gasteiger partial charge in [0.15, 0.2) is 12.4 Å². The first-order valence-corrected chi connectivity index (χ1v) is 14.1. The van der Waals surface area contributed by atoms with Gasteiger partial charge in [0.25, 0.3) is 0 Å². The summed E-state index contributed by atoms with van der Waals surface area (Å²) in [6.45, 7) is 6.84. The minimum atomic E-state index is -0.855. The van der Waals surface area contributed by atoms with Crippen LogP contribution in [0, 0.1) is 0 Å². The molecule has 1 fully saturated rings. The van der Waals surface area contributed by atoms with Crippen molar-refractivity contribution in [3.05, 3.63) is 120 Å². The van der Waals surface area contributed by atoms with Gasteiger partial charge in [-0.05, 0) is 29.5 Å². The van der Waals surface area contributed by atoms with E-state index in [1.165, 1.54) is 6.92 Å². The van der Waals surface area contributed by atoms with Crippen molar-refractivity contribution in [1.29, 1.82) is 0 Å². The molecule has 5 atom stereocenters. The number of esters is 1. The summed E-state index contributed by atoms with van der Waals surface area (Å²) in [5.74, 6) is -0.452. The Morgan fingerprint density at radius 2 is 1.29 bits per heavy atom. The van der Waals surface area contributed by atoms with Gasteiger partial charge in [-0.25, -0.2) is 0 Å². The van der Waals surface area contributed by atoms with Crippen molar-refractivity contribution in [3.63, 3.8) is 0 Å². The van der Waals surface area contributed by atoms with Gasteiger partial charge in [0.05, 0.1) is 33.0 Å². The third-order valence-electron chi connectivity index (χ3n) is 6.69. The fourth-order valence-corrected chi connectivity index (χ4v) is 4.68. The molecule has 0 aliphatic carbocycles. The zero-order valence-electron chi connectivity index (χ0n) is 23.6. The fourth-order valence-electron chi connectivity index (χ4n) is 4.68. The molecule has 0 unspecified atom stereocenters. The second kappa shape index (κ2) is 16.8. The smallest absolute Gasteiger partial charge is 0.303 e. The molecule has 0 bridgehead atoms. The second-order valence-electron chi connectivity index (χ2n) is 9.94. The molecule has 0 spiro atoms. The molecule has 7 heteroatoms. The van der Waals surface area contributed by atoms with E-state index >= 15 is 0 Å². The Kier molecular flexibility index (Phi) is 12.6. The van der Waals surface area contributed by atoms with Gasteiger partial charge in [-0.1, -0.05) is 97.1 Å². The standard InChI is InChI=1S/C34H40O7/c1-3-4-14-21-37-34-33(40-26(2)35)32(39-24-29-19-12-7-13-20-29)31(38-23-28-17-10-6-11-18-28)30(41-34)25-36-22-27-15-8-5-9-16-27/h3,5-13,15-20,30-34H,1,4,14,21-25H2,2H3/t30-,31-,32+,33+,34+/m1/s1. The molecule has 0 saturated carbocycles. The third kappa shape index (κ3) is 9.92. The Hall–Kier alpha value is -3.33. The monoisotopic (exact) mass is 560 g/mol. The Bertz CT molecular complexity index is 1160. The van der Waals surface area contributed by atoms with E-state index < -0.39 is 36.7 Å². The Balaban J connectivity index is 1.59. The maximum Gasteiger partial charge on any atom is 0.303 e. The highest BCUT2D eigenvalue weighted by Gasteiger charge is 2.50. The van der Waals surface area contributed by atoms with Crippen molar-refractivity contribution < 1.29 is 33.2 Å². The number of benzene rings is 3. The first kappa shape index (κ1) is 30.6. The van der Waals surface area contributed by atoms with Gasteiger partial charge in [-0.2, -0.15) is 0 Å². The number of hydrogen-bond donors (Lipinski definition) is 0. The van der Waals surface area contributed by atoms with E-state index in [0.717, 1.165) is 29.5 Å². The zero-order chi connectivity index (χ0) is 28.7. The van der Waals surface area contributed by atoms with Crippen molar-refractivity contribution >= 4 is 5.97 Å². The predicted octanol–water partition coefficient (Wildman–Crippen LogP) is 6.01. The molecule has 41 heavy (non-hydrogen) atoms.